The van der Waals surface area contributed by atoms with Crippen molar-refractivity contribution in [2.24, 2.45) is 0 Å². The van der Waals surface area contributed by atoms with Gasteiger partial charge >= 0.3 is 40.4 Å². The number of nitrogens with zero attached hydrogens (tertiary/aromatic N) is 16. The van der Waals surface area contributed by atoms with Crippen LogP contribution < -0.4 is 51.1 Å². The van der Waals surface area contributed by atoms with E-state index in [1.807, 2.05) is 12.1 Å². The molecule has 9 unspecified atom stereocenters. The Morgan fingerprint density at radius 2 is 0.682 bits per heavy atom. The van der Waals surface area contributed by atoms with Crippen molar-refractivity contribution in [2.75, 3.05) is 74.0 Å². The van der Waals surface area contributed by atoms with Crippen LogP contribution in [-0.2, 0) is 146 Å². The summed E-state index contributed by atoms with van der Waals surface area (Å²) in [4.78, 5) is 141. The maximum Gasteiger partial charge on any atom is 0.386 e. The van der Waals surface area contributed by atoms with Crippen LogP contribution in [0.1, 0.15) is 75.9 Å². The van der Waals surface area contributed by atoms with E-state index in [4.69, 9.17) is 176 Å². The number of aromatic amines is 3. The van der Waals surface area contributed by atoms with Crippen molar-refractivity contribution >= 4 is 213 Å². The smallest absolute Gasteiger partial charge is 0.386 e. The third-order valence-electron chi connectivity index (χ3n) is 22.0. The molecule has 64 heteroatoms. The van der Waals surface area contributed by atoms with Gasteiger partial charge in [-0.3, -0.25) is 52.1 Å². The van der Waals surface area contributed by atoms with Crippen LogP contribution in [0.25, 0.3) is 66.6 Å². The lowest BCUT2D eigenvalue weighted by Gasteiger charge is -2.27. The average molecular weight is 2020 g/mol. The number of hydrogen-bond donors (Lipinski definition) is 15. The number of nitrogens with two attached hydrogens (primary N) is 6. The summed E-state index contributed by atoms with van der Waals surface area (Å²) < 4.78 is 130. The van der Waals surface area contributed by atoms with Crippen molar-refractivity contribution in [1.29, 1.82) is 0 Å². The first-order valence-electron chi connectivity index (χ1n) is 38.9. The van der Waals surface area contributed by atoms with Gasteiger partial charge in [-0.05, 0) is 89.4 Å². The third kappa shape index (κ3) is 19.1. The normalized spacial score (nSPS) is 35.4. The highest BCUT2D eigenvalue weighted by molar-refractivity contribution is 8.44. The first-order chi connectivity index (χ1) is 61.4. The number of aromatic nitrogens is 19. The standard InChI is InChI=1S/2C22H26N8O9P2S2.C21H25N9O9P2S2/c2*23-12-1-3-25-18-11(12)2-4-29(18)16-6-13-15(37-16)8-35-41(33,43)39-14-5-10(7-34-40(32,42)38-13)36-21(14)30-9-26-17-19(30)27-22(24)28-20(17)31;22-16-10-1-2-29(17(10)25-7-24-16)14-4-11-13(37-14)6-35-41(33,43)39-12-3-9(5-34-40(32,42)38-11)36-20(12)30-8-26-15-18(30)27-21(23)28-19(15)31/h2*1-4,9-10,13-16,21H,5-8H2,(H2,23,25)(H,32,42)(H,33,43)(H3,24,27,28,31);1-2,7-9,11-14,20H,3-6H2,(H,32,42)(H,33,43)(H2,22,24,25)(H3,23,27,28,31)/t2*10-,13-,14+,15?,16+,21+,40?,41?;9-,11-,12+,13?,14+,20+,40?,41?/m000/s1. The SMILES string of the molecule is Nc1nc2c(ncn2[C@@H]2O[C@@H]3COP(O)(=S)O[C@H]4C[C@H](n5ccc6c(N)ccnc65)OC4COP(=O)(S)O[C@@H]2C3)c(=O)[nH]1.Nc1nc2c(ncn2[C@@H]2O[C@@H]3COP(O)(=S)O[C@H]4C[C@H](n5ccc6c(N)ccnc65)OC4COP(O)(=S)O[C@@H]2C3)c(=O)[nH]1.Nc1nc2c(ncn2[C@@H]2O[C@@H]3COP(O)(=S)O[C@H]4C[C@H](n5ccc6c(N)ncnc65)OC4COP(O)(=S)O[C@@H]2C3)c(=O)[nH]1. The Bertz CT molecular complexity index is 6240. The lowest BCUT2D eigenvalue weighted by Crippen LogP contribution is -2.29. The second-order valence-electron chi connectivity index (χ2n) is 30.5. The van der Waals surface area contributed by atoms with Crippen LogP contribution >= 0.6 is 52.6 Å². The van der Waals surface area contributed by atoms with E-state index in [0.29, 0.717) is 39.5 Å². The van der Waals surface area contributed by atoms with Crippen LogP contribution in [0.3, 0.4) is 0 Å². The zero-order valence-electron chi connectivity index (χ0n) is 66.0. The molecule has 21 rings (SSSR count). The quantitative estimate of drug-likeness (QED) is 0.0833. The zero-order chi connectivity index (χ0) is 90.3. The number of thiol groups is 1. The van der Waals surface area contributed by atoms with E-state index in [2.05, 4.69) is 77.0 Å². The van der Waals surface area contributed by atoms with Gasteiger partial charge in [-0.25, -0.2) is 39.5 Å². The maximum atomic E-state index is 13.5. The molecule has 129 heavy (non-hydrogen) atoms. The summed E-state index contributed by atoms with van der Waals surface area (Å²) >= 11 is 30.9. The van der Waals surface area contributed by atoms with E-state index in [9.17, 15) is 43.4 Å². The summed E-state index contributed by atoms with van der Waals surface area (Å²) in [5.41, 5.74) is 37.0. The number of anilines is 6. The highest BCUT2D eigenvalue weighted by Gasteiger charge is 2.51. The molecule has 6 bridgehead atoms. The number of rotatable bonds is 6. The van der Waals surface area contributed by atoms with Gasteiger partial charge < -0.3 is 146 Å². The molecule has 0 amide bonds. The Morgan fingerprint density at radius 3 is 1.05 bits per heavy atom. The van der Waals surface area contributed by atoms with Gasteiger partial charge in [0.25, 0.3) is 16.7 Å². The van der Waals surface area contributed by atoms with Gasteiger partial charge in [-0.15, -0.1) is 0 Å². The topological polar surface area (TPSA) is 698 Å². The molecule has 0 aliphatic carbocycles. The molecule has 9 aliphatic heterocycles. The molecule has 21 heterocycles. The van der Waals surface area contributed by atoms with Crippen LogP contribution in [0.15, 0.2) is 101 Å². The molecular weight excluding hydrogens is 1940 g/mol. The van der Waals surface area contributed by atoms with Crippen molar-refractivity contribution in [1.82, 2.24) is 92.2 Å². The van der Waals surface area contributed by atoms with Gasteiger partial charge in [-0.1, -0.05) is 12.2 Å². The number of nitrogen functional groups attached to an aromatic ring is 6. The molecule has 12 aromatic heterocycles. The molecule has 20 N–H and O–H groups in total. The van der Waals surface area contributed by atoms with Crippen molar-refractivity contribution in [3.8, 4) is 0 Å². The Hall–Kier alpha value is -7.24. The number of fused-ring (bicyclic) bond motifs is 15. The fraction of sp³-hybridized carbons (Fsp3) is 0.462. The number of hydrogen-bond acceptors (Lipinski definition) is 43. The number of H-pyrrole nitrogens is 3. The Morgan fingerprint density at radius 1 is 0.364 bits per heavy atom. The molecule has 24 atom stereocenters. The molecule has 0 saturated carbocycles. The molecule has 9 fully saturated rings. The summed E-state index contributed by atoms with van der Waals surface area (Å²) in [5, 5.41) is 2.13. The van der Waals surface area contributed by atoms with Gasteiger partial charge in [0.15, 0.2) is 52.2 Å². The van der Waals surface area contributed by atoms with Crippen LogP contribution in [0.4, 0.5) is 35.0 Å². The maximum absolute atomic E-state index is 13.5. The fourth-order valence-electron chi connectivity index (χ4n) is 16.4. The molecule has 690 valence electrons. The number of imidazole rings is 3. The van der Waals surface area contributed by atoms with Crippen molar-refractivity contribution < 1.29 is 112 Å². The van der Waals surface area contributed by atoms with Crippen molar-refractivity contribution in [3.05, 3.63) is 118 Å². The number of ether oxygens (including phenoxy) is 6. The second kappa shape index (κ2) is 35.5. The lowest BCUT2D eigenvalue weighted by atomic mass is 10.2. The summed E-state index contributed by atoms with van der Waals surface area (Å²) in [5.74, 6) is -0.0680. The summed E-state index contributed by atoms with van der Waals surface area (Å²) in [6, 6.07) is 8.79. The molecule has 9 aliphatic rings. The minimum absolute atomic E-state index is 0.0163. The highest BCUT2D eigenvalue weighted by atomic mass is 32.7. The van der Waals surface area contributed by atoms with E-state index in [1.54, 1.807) is 62.9 Å². The number of nitrogens with one attached hydrogen (secondary N) is 3. The Kier molecular flexibility index (Phi) is 25.0. The van der Waals surface area contributed by atoms with Gasteiger partial charge in [0, 0.05) is 91.7 Å². The molecule has 0 radical (unpaired) electrons. The Balaban J connectivity index is 0.000000126. The first-order valence-corrected chi connectivity index (χ1v) is 54.6. The van der Waals surface area contributed by atoms with E-state index < -0.39 is 168 Å². The van der Waals surface area contributed by atoms with E-state index >= 15 is 0 Å². The lowest BCUT2D eigenvalue weighted by molar-refractivity contribution is -0.0594. The monoisotopic (exact) mass is 2020 g/mol. The average Bonchev–Trinajstić information content (AvgIpc) is 1.60. The predicted molar refractivity (Wildman–Crippen MR) is 473 cm³/mol. The third-order valence-corrected chi connectivity index (χ3v) is 31.6. The van der Waals surface area contributed by atoms with Crippen molar-refractivity contribution in [2.45, 2.75) is 149 Å². The predicted octanol–water partition coefficient (Wildman–Crippen LogP) is 3.70. The minimum atomic E-state index is -4.05. The summed E-state index contributed by atoms with van der Waals surface area (Å²) in [6.45, 7) is -24.7. The minimum Gasteiger partial charge on any atom is -0.398 e. The molecular formula is C65H77N25O27P6S6. The zero-order valence-corrected chi connectivity index (χ0v) is 76.3. The van der Waals surface area contributed by atoms with Gasteiger partial charge in [0.05, 0.1) is 101 Å². The summed E-state index contributed by atoms with van der Waals surface area (Å²) in [7, 11) is 0. The van der Waals surface area contributed by atoms with Crippen molar-refractivity contribution in [3.63, 3.8) is 0 Å². The molecule has 9 saturated heterocycles. The van der Waals surface area contributed by atoms with Gasteiger partial charge in [0.1, 0.15) is 84.4 Å². The van der Waals surface area contributed by atoms with E-state index in [-0.39, 0.29) is 130 Å². The second-order valence-corrected chi connectivity index (χ2v) is 47.3. The summed E-state index contributed by atoms with van der Waals surface area (Å²) in [6.07, 6.45) is 0.583. The van der Waals surface area contributed by atoms with Gasteiger partial charge in [-0.2, -0.15) is 15.0 Å². The Labute approximate surface area is 753 Å². The molecule has 52 nitrogen and oxygen atoms in total. The molecule has 12 aromatic rings. The molecule has 0 spiro atoms. The van der Waals surface area contributed by atoms with Gasteiger partial charge in [0.2, 0.25) is 17.8 Å². The number of pyridine rings is 2. The highest BCUT2D eigenvalue weighted by Crippen LogP contribution is 2.61. The van der Waals surface area contributed by atoms with Crippen LogP contribution in [-0.4, -0.2) is 230 Å². The fourth-order valence-corrected chi connectivity index (χ4v) is 25.2. The van der Waals surface area contributed by atoms with E-state index in [0.717, 1.165) is 10.8 Å². The van der Waals surface area contributed by atoms with Crippen LogP contribution in [0.2, 0.25) is 0 Å². The van der Waals surface area contributed by atoms with Crippen LogP contribution in [0.5, 0.6) is 0 Å². The molecule has 0 aromatic carbocycles. The van der Waals surface area contributed by atoms with Crippen LogP contribution in [0, 0.1) is 0 Å². The largest absolute Gasteiger partial charge is 0.398 e. The first kappa shape index (κ1) is 90.9. The van der Waals surface area contributed by atoms with E-state index in [1.165, 1.54) is 39.0 Å².